The van der Waals surface area contributed by atoms with Gasteiger partial charge < -0.3 is 14.9 Å². The van der Waals surface area contributed by atoms with Crippen LogP contribution in [-0.4, -0.2) is 34.7 Å². The number of amides is 1. The smallest absolute Gasteiger partial charge is 0.414 e. The number of hydrogen-bond donors (Lipinski definition) is 1. The SMILES string of the molecule is NC[C@H]1CN(c2ccc(-c3ccn4cncc4c3)c(F)c2)C(=O)O1. The molecule has 122 valence electrons. The Kier molecular flexibility index (Phi) is 3.42. The Hall–Kier alpha value is -2.93. The molecule has 24 heavy (non-hydrogen) atoms. The molecule has 7 heteroatoms. The third-order valence-corrected chi connectivity index (χ3v) is 4.13. The summed E-state index contributed by atoms with van der Waals surface area (Å²) in [6.07, 6.45) is 4.37. The first-order valence-electron chi connectivity index (χ1n) is 7.55. The van der Waals surface area contributed by atoms with Crippen molar-refractivity contribution in [1.82, 2.24) is 9.38 Å². The number of cyclic esters (lactones) is 1. The van der Waals surface area contributed by atoms with Crippen LogP contribution in [0.3, 0.4) is 0 Å². The van der Waals surface area contributed by atoms with E-state index in [9.17, 15) is 9.18 Å². The fraction of sp³-hybridized carbons (Fsp3) is 0.176. The molecule has 6 nitrogen and oxygen atoms in total. The highest BCUT2D eigenvalue weighted by Crippen LogP contribution is 2.29. The molecule has 0 bridgehead atoms. The highest BCUT2D eigenvalue weighted by molar-refractivity contribution is 5.90. The zero-order valence-corrected chi connectivity index (χ0v) is 12.7. The zero-order valence-electron chi connectivity index (χ0n) is 12.7. The van der Waals surface area contributed by atoms with Gasteiger partial charge in [-0.2, -0.15) is 0 Å². The maximum atomic E-state index is 14.6. The molecule has 1 aliphatic rings. The Morgan fingerprint density at radius 2 is 2.21 bits per heavy atom. The molecule has 0 saturated carbocycles. The molecule has 3 heterocycles. The molecule has 3 aromatic rings. The van der Waals surface area contributed by atoms with Gasteiger partial charge in [-0.15, -0.1) is 0 Å². The molecule has 1 aromatic carbocycles. The molecule has 1 atom stereocenters. The van der Waals surface area contributed by atoms with E-state index >= 15 is 0 Å². The predicted octanol–water partition coefficient (Wildman–Crippen LogP) is 2.42. The number of carbonyl (C=O) groups is 1. The van der Waals surface area contributed by atoms with Crippen LogP contribution in [0.5, 0.6) is 0 Å². The number of nitrogens with two attached hydrogens (primary N) is 1. The number of carbonyl (C=O) groups excluding carboxylic acids is 1. The van der Waals surface area contributed by atoms with Crippen molar-refractivity contribution in [1.29, 1.82) is 0 Å². The van der Waals surface area contributed by atoms with Crippen LogP contribution in [0.2, 0.25) is 0 Å². The molecule has 2 N–H and O–H groups in total. The van der Waals surface area contributed by atoms with Gasteiger partial charge in [-0.25, -0.2) is 14.2 Å². The van der Waals surface area contributed by atoms with Crippen LogP contribution in [0.1, 0.15) is 0 Å². The minimum absolute atomic E-state index is 0.244. The van der Waals surface area contributed by atoms with Gasteiger partial charge in [0, 0.05) is 18.3 Å². The molecule has 1 amide bonds. The number of aromatic nitrogens is 2. The molecule has 0 spiro atoms. The predicted molar refractivity (Wildman–Crippen MR) is 87.3 cm³/mol. The third kappa shape index (κ3) is 2.39. The molecule has 0 radical (unpaired) electrons. The number of anilines is 1. The summed E-state index contributed by atoms with van der Waals surface area (Å²) in [5.74, 6) is -0.402. The largest absolute Gasteiger partial charge is 0.443 e. The Labute approximate surface area is 137 Å². The van der Waals surface area contributed by atoms with Crippen molar-refractivity contribution in [2.24, 2.45) is 5.73 Å². The van der Waals surface area contributed by atoms with E-state index in [1.54, 1.807) is 24.7 Å². The van der Waals surface area contributed by atoms with E-state index in [1.165, 1.54) is 11.0 Å². The van der Waals surface area contributed by atoms with Gasteiger partial charge in [0.15, 0.2) is 0 Å². The van der Waals surface area contributed by atoms with Crippen molar-refractivity contribution in [3.05, 3.63) is 54.9 Å². The summed E-state index contributed by atoms with van der Waals surface area (Å²) in [5.41, 5.74) is 8.07. The minimum atomic E-state index is -0.502. The van der Waals surface area contributed by atoms with Crippen LogP contribution in [0.4, 0.5) is 14.9 Å². The average molecular weight is 326 g/mol. The first-order valence-corrected chi connectivity index (χ1v) is 7.55. The number of pyridine rings is 1. The van der Waals surface area contributed by atoms with Gasteiger partial charge in [-0.05, 0) is 35.9 Å². The number of nitrogens with zero attached hydrogens (tertiary/aromatic N) is 3. The summed E-state index contributed by atoms with van der Waals surface area (Å²) in [5, 5.41) is 0. The molecule has 0 aliphatic carbocycles. The van der Waals surface area contributed by atoms with Crippen LogP contribution in [0.15, 0.2) is 49.1 Å². The quantitative estimate of drug-likeness (QED) is 0.802. The fourth-order valence-corrected chi connectivity index (χ4v) is 2.85. The first-order chi connectivity index (χ1) is 11.7. The minimum Gasteiger partial charge on any atom is -0.443 e. The Balaban J connectivity index is 1.68. The number of ether oxygens (including phenoxy) is 1. The van der Waals surface area contributed by atoms with Gasteiger partial charge in [0.1, 0.15) is 11.9 Å². The van der Waals surface area contributed by atoms with E-state index in [0.717, 1.165) is 11.1 Å². The summed E-state index contributed by atoms with van der Waals surface area (Å²) in [6, 6.07) is 8.39. The lowest BCUT2D eigenvalue weighted by Gasteiger charge is -2.14. The Bertz CT molecular complexity index is 924. The van der Waals surface area contributed by atoms with Gasteiger partial charge in [0.25, 0.3) is 0 Å². The first kappa shape index (κ1) is 14.6. The summed E-state index contributed by atoms with van der Waals surface area (Å²) >= 11 is 0. The standard InChI is InChI=1S/C17H15FN4O2/c18-16-6-12(22-9-14(7-19)24-17(22)23)1-2-15(16)11-3-4-21-10-20-8-13(21)5-11/h1-6,8,10,14H,7,9,19H2/t14-/m0/s1. The number of fused-ring (bicyclic) bond motifs is 1. The van der Waals surface area contributed by atoms with E-state index in [1.807, 2.05) is 22.7 Å². The van der Waals surface area contributed by atoms with Crippen molar-refractivity contribution in [3.63, 3.8) is 0 Å². The lowest BCUT2D eigenvalue weighted by molar-refractivity contribution is 0.145. The number of imidazole rings is 1. The van der Waals surface area contributed by atoms with E-state index < -0.39 is 11.9 Å². The maximum absolute atomic E-state index is 14.6. The van der Waals surface area contributed by atoms with E-state index in [4.69, 9.17) is 10.5 Å². The van der Waals surface area contributed by atoms with Gasteiger partial charge >= 0.3 is 6.09 Å². The summed E-state index contributed by atoms with van der Waals surface area (Å²) in [4.78, 5) is 17.3. The number of halogens is 1. The van der Waals surface area contributed by atoms with Crippen molar-refractivity contribution < 1.29 is 13.9 Å². The third-order valence-electron chi connectivity index (χ3n) is 4.13. The monoisotopic (exact) mass is 326 g/mol. The molecule has 4 rings (SSSR count). The average Bonchev–Trinajstić information content (AvgIpc) is 3.20. The van der Waals surface area contributed by atoms with Crippen molar-refractivity contribution in [3.8, 4) is 11.1 Å². The van der Waals surface area contributed by atoms with Gasteiger partial charge in [-0.1, -0.05) is 0 Å². The second-order valence-electron chi connectivity index (χ2n) is 5.66. The van der Waals surface area contributed by atoms with Gasteiger partial charge in [0.2, 0.25) is 0 Å². The van der Waals surface area contributed by atoms with E-state index in [0.29, 0.717) is 17.8 Å². The molecular formula is C17H15FN4O2. The molecule has 2 aromatic heterocycles. The van der Waals surface area contributed by atoms with E-state index in [-0.39, 0.29) is 12.6 Å². The summed E-state index contributed by atoms with van der Waals surface area (Å²) in [6.45, 7) is 0.573. The van der Waals surface area contributed by atoms with Crippen LogP contribution in [-0.2, 0) is 4.74 Å². The zero-order chi connectivity index (χ0) is 16.7. The van der Waals surface area contributed by atoms with Gasteiger partial charge in [-0.3, -0.25) is 4.90 Å². The highest BCUT2D eigenvalue weighted by atomic mass is 19.1. The fourth-order valence-electron chi connectivity index (χ4n) is 2.85. The number of rotatable bonds is 3. The van der Waals surface area contributed by atoms with Crippen LogP contribution in [0, 0.1) is 5.82 Å². The topological polar surface area (TPSA) is 72.9 Å². The van der Waals surface area contributed by atoms with E-state index in [2.05, 4.69) is 4.98 Å². The summed E-state index contributed by atoms with van der Waals surface area (Å²) < 4.78 is 21.5. The lowest BCUT2D eigenvalue weighted by atomic mass is 10.1. The second kappa shape index (κ2) is 5.61. The molecular weight excluding hydrogens is 311 g/mol. The van der Waals surface area contributed by atoms with Crippen LogP contribution < -0.4 is 10.6 Å². The van der Waals surface area contributed by atoms with Gasteiger partial charge in [0.05, 0.1) is 30.3 Å². The maximum Gasteiger partial charge on any atom is 0.414 e. The Morgan fingerprint density at radius 1 is 1.33 bits per heavy atom. The van der Waals surface area contributed by atoms with Crippen molar-refractivity contribution in [2.45, 2.75) is 6.10 Å². The van der Waals surface area contributed by atoms with Crippen molar-refractivity contribution in [2.75, 3.05) is 18.0 Å². The molecule has 1 saturated heterocycles. The lowest BCUT2D eigenvalue weighted by Crippen LogP contribution is -2.27. The normalized spacial score (nSPS) is 17.5. The summed E-state index contributed by atoms with van der Waals surface area (Å²) in [7, 11) is 0. The van der Waals surface area contributed by atoms with Crippen LogP contribution in [0.25, 0.3) is 16.6 Å². The molecule has 1 aliphatic heterocycles. The second-order valence-corrected chi connectivity index (χ2v) is 5.66. The van der Waals surface area contributed by atoms with Crippen LogP contribution >= 0.6 is 0 Å². The number of hydrogen-bond acceptors (Lipinski definition) is 4. The number of benzene rings is 1. The molecule has 0 unspecified atom stereocenters. The molecule has 1 fully saturated rings. The highest BCUT2D eigenvalue weighted by Gasteiger charge is 2.31. The Morgan fingerprint density at radius 3 is 2.96 bits per heavy atom. The van der Waals surface area contributed by atoms with Crippen molar-refractivity contribution >= 4 is 17.3 Å².